The molecule has 1 aromatic rings. The molecule has 0 radical (unpaired) electrons. The number of carboxylic acid groups (broad SMARTS) is 1. The van der Waals surface area contributed by atoms with E-state index in [4.69, 9.17) is 4.74 Å². The molecule has 108 valence electrons. The van der Waals surface area contributed by atoms with Gasteiger partial charge in [-0.3, -0.25) is 9.59 Å². The van der Waals surface area contributed by atoms with E-state index in [0.29, 0.717) is 5.56 Å². The zero-order chi connectivity index (χ0) is 14.9. The highest BCUT2D eigenvalue weighted by Crippen LogP contribution is 2.29. The first-order chi connectivity index (χ1) is 9.36. The predicted octanol–water partition coefficient (Wildman–Crippen LogP) is 1.82. The van der Waals surface area contributed by atoms with Gasteiger partial charge >= 0.3 is 5.97 Å². The van der Waals surface area contributed by atoms with Gasteiger partial charge in [-0.05, 0) is 48.1 Å². The number of nitrogens with one attached hydrogen (secondary N) is 1. The molecule has 2 N–H and O–H groups in total. The van der Waals surface area contributed by atoms with Gasteiger partial charge in [0.2, 0.25) is 0 Å². The number of rotatable bonds is 3. The lowest BCUT2D eigenvalue weighted by Gasteiger charge is -2.25. The van der Waals surface area contributed by atoms with E-state index in [1.807, 2.05) is 19.1 Å². The molecule has 1 amide bonds. The fraction of sp³-hybridized carbons (Fsp3) is 0.429. The molecule has 1 heterocycles. The van der Waals surface area contributed by atoms with Gasteiger partial charge in [-0.15, -0.1) is 0 Å². The number of carbonyl (C=O) groups excluding carboxylic acids is 1. The average Bonchev–Trinajstić information content (AvgIpc) is 2.75. The van der Waals surface area contributed by atoms with Crippen LogP contribution in [0.4, 0.5) is 0 Å². The minimum atomic E-state index is -1.08. The topological polar surface area (TPSA) is 75.6 Å². The van der Waals surface area contributed by atoms with E-state index in [1.165, 1.54) is 0 Å². The van der Waals surface area contributed by atoms with Gasteiger partial charge in [0.15, 0.2) is 0 Å². The summed E-state index contributed by atoms with van der Waals surface area (Å²) in [7, 11) is 0. The van der Waals surface area contributed by atoms with Gasteiger partial charge in [-0.2, -0.15) is 0 Å². The molecule has 1 aliphatic heterocycles. The van der Waals surface area contributed by atoms with Crippen LogP contribution in [-0.2, 0) is 9.53 Å². The number of hydrogen-bond donors (Lipinski definition) is 2. The van der Waals surface area contributed by atoms with Crippen molar-refractivity contribution in [2.45, 2.75) is 19.9 Å². The summed E-state index contributed by atoms with van der Waals surface area (Å²) in [5.74, 6) is -1.22. The van der Waals surface area contributed by atoms with Crippen LogP contribution in [0.2, 0.25) is 0 Å². The van der Waals surface area contributed by atoms with Gasteiger partial charge in [-0.25, -0.2) is 0 Å². The zero-order valence-corrected chi connectivity index (χ0v) is 13.4. The zero-order valence-electron chi connectivity index (χ0n) is 11.3. The largest absolute Gasteiger partial charge is 0.481 e. The lowest BCUT2D eigenvalue weighted by molar-refractivity contribution is -0.148. The fourth-order valence-corrected chi connectivity index (χ4v) is 2.75. The number of carboxylic acids is 1. The molecular formula is C14H16INO4. The minimum absolute atomic E-state index is 0.109. The predicted molar refractivity (Wildman–Crippen MR) is 81.7 cm³/mol. The van der Waals surface area contributed by atoms with Crippen molar-refractivity contribution in [1.29, 1.82) is 0 Å². The van der Waals surface area contributed by atoms with Crippen LogP contribution < -0.4 is 5.32 Å². The van der Waals surface area contributed by atoms with Crippen molar-refractivity contribution >= 4 is 34.5 Å². The Labute approximate surface area is 130 Å². The monoisotopic (exact) mass is 389 g/mol. The average molecular weight is 389 g/mol. The van der Waals surface area contributed by atoms with Crippen LogP contribution in [0.3, 0.4) is 0 Å². The Hall–Kier alpha value is -1.15. The molecule has 1 saturated heterocycles. The number of benzene rings is 1. The lowest BCUT2D eigenvalue weighted by Crippen LogP contribution is -2.49. The van der Waals surface area contributed by atoms with Crippen molar-refractivity contribution in [1.82, 2.24) is 5.32 Å². The summed E-state index contributed by atoms with van der Waals surface area (Å²) in [4.78, 5) is 23.7. The number of ether oxygens (including phenoxy) is 1. The number of halogens is 1. The Morgan fingerprint density at radius 1 is 1.50 bits per heavy atom. The van der Waals surface area contributed by atoms with Crippen LogP contribution in [-0.4, -0.2) is 36.2 Å². The van der Waals surface area contributed by atoms with E-state index in [0.717, 1.165) is 9.13 Å². The molecule has 6 heteroatoms. The Morgan fingerprint density at radius 3 is 2.85 bits per heavy atom. The minimum Gasteiger partial charge on any atom is -0.481 e. The summed E-state index contributed by atoms with van der Waals surface area (Å²) in [6.07, 6.45) is 0. The van der Waals surface area contributed by atoms with Crippen LogP contribution in [0, 0.1) is 15.9 Å². The van der Waals surface area contributed by atoms with Crippen LogP contribution in [0.25, 0.3) is 0 Å². The first-order valence-corrected chi connectivity index (χ1v) is 7.31. The Balaban J connectivity index is 2.20. The van der Waals surface area contributed by atoms with Crippen molar-refractivity contribution in [2.24, 2.45) is 5.41 Å². The number of aliphatic carboxylic acids is 1. The summed E-state index contributed by atoms with van der Waals surface area (Å²) in [6.45, 7) is 3.85. The maximum absolute atomic E-state index is 12.3. The number of hydrogen-bond acceptors (Lipinski definition) is 3. The highest BCUT2D eigenvalue weighted by Gasteiger charge is 2.47. The molecule has 0 aromatic heterocycles. The Bertz CT molecular complexity index is 560. The fourth-order valence-electron chi connectivity index (χ4n) is 2.14. The highest BCUT2D eigenvalue weighted by molar-refractivity contribution is 14.1. The van der Waals surface area contributed by atoms with Crippen molar-refractivity contribution in [3.63, 3.8) is 0 Å². The number of aryl methyl sites for hydroxylation is 1. The molecular weight excluding hydrogens is 373 g/mol. The van der Waals surface area contributed by atoms with Crippen LogP contribution in [0.1, 0.15) is 22.8 Å². The lowest BCUT2D eigenvalue weighted by atomic mass is 9.85. The normalized spacial score (nSPS) is 25.4. The number of amides is 1. The second-order valence-corrected chi connectivity index (χ2v) is 6.28. The van der Waals surface area contributed by atoms with Crippen LogP contribution in [0.15, 0.2) is 18.2 Å². The third-order valence-electron chi connectivity index (χ3n) is 3.69. The van der Waals surface area contributed by atoms with Gasteiger partial charge < -0.3 is 15.2 Å². The molecule has 1 aromatic carbocycles. The smallest absolute Gasteiger partial charge is 0.313 e. The molecule has 1 fully saturated rings. The van der Waals surface area contributed by atoms with Crippen LogP contribution in [0.5, 0.6) is 0 Å². The van der Waals surface area contributed by atoms with Gasteiger partial charge in [0, 0.05) is 3.57 Å². The summed E-state index contributed by atoms with van der Waals surface area (Å²) < 4.78 is 6.10. The maximum atomic E-state index is 12.3. The molecule has 2 unspecified atom stereocenters. The molecule has 2 atom stereocenters. The van der Waals surface area contributed by atoms with Gasteiger partial charge in [-0.1, -0.05) is 12.1 Å². The van der Waals surface area contributed by atoms with E-state index in [-0.39, 0.29) is 19.1 Å². The second-order valence-electron chi connectivity index (χ2n) is 5.20. The van der Waals surface area contributed by atoms with Crippen molar-refractivity contribution in [3.05, 3.63) is 32.9 Å². The molecule has 5 nitrogen and oxygen atoms in total. The summed E-state index contributed by atoms with van der Waals surface area (Å²) in [5, 5.41) is 12.1. The third-order valence-corrected chi connectivity index (χ3v) is 5.12. The number of carbonyl (C=O) groups is 2. The molecule has 0 saturated carbocycles. The molecule has 0 aliphatic carbocycles. The first kappa shape index (κ1) is 15.2. The molecule has 20 heavy (non-hydrogen) atoms. The second kappa shape index (κ2) is 5.69. The summed E-state index contributed by atoms with van der Waals surface area (Å²) >= 11 is 2.12. The standard InChI is InChI=1S/C14H16INO4/c1-8-4-3-5-9(11(8)15)12(17)16-10-6-20-7-14(10,2)13(18)19/h3-5,10H,6-7H2,1-2H3,(H,16,17)(H,18,19). The van der Waals surface area contributed by atoms with E-state index in [9.17, 15) is 14.7 Å². The molecule has 2 rings (SSSR count). The maximum Gasteiger partial charge on any atom is 0.313 e. The highest BCUT2D eigenvalue weighted by atomic mass is 127. The quantitative estimate of drug-likeness (QED) is 0.774. The van der Waals surface area contributed by atoms with E-state index in [1.54, 1.807) is 13.0 Å². The molecule has 1 aliphatic rings. The first-order valence-electron chi connectivity index (χ1n) is 6.23. The molecule has 0 bridgehead atoms. The van der Waals surface area contributed by atoms with Crippen LogP contribution >= 0.6 is 22.6 Å². The third kappa shape index (κ3) is 2.67. The van der Waals surface area contributed by atoms with Crippen molar-refractivity contribution in [3.8, 4) is 0 Å². The Morgan fingerprint density at radius 2 is 2.20 bits per heavy atom. The summed E-state index contributed by atoms with van der Waals surface area (Å²) in [5.41, 5.74) is 0.498. The Kier molecular flexibility index (Phi) is 4.33. The summed E-state index contributed by atoms with van der Waals surface area (Å²) in [6, 6.07) is 4.95. The molecule has 0 spiro atoms. The van der Waals surface area contributed by atoms with Gasteiger partial charge in [0.25, 0.3) is 5.91 Å². The van der Waals surface area contributed by atoms with E-state index in [2.05, 4.69) is 27.9 Å². The van der Waals surface area contributed by atoms with Crippen molar-refractivity contribution in [2.75, 3.05) is 13.2 Å². The van der Waals surface area contributed by atoms with Crippen molar-refractivity contribution < 1.29 is 19.4 Å². The van der Waals surface area contributed by atoms with E-state index < -0.39 is 17.4 Å². The SMILES string of the molecule is Cc1cccc(C(=O)NC2COCC2(C)C(=O)O)c1I. The van der Waals surface area contributed by atoms with E-state index >= 15 is 0 Å². The van der Waals surface area contributed by atoms with Gasteiger partial charge in [0.1, 0.15) is 5.41 Å². The van der Waals surface area contributed by atoms with Gasteiger partial charge in [0.05, 0.1) is 24.8 Å².